The molecule has 2 heterocycles. The minimum atomic E-state index is -0.915. The molecule has 1 aromatic heterocycles. The van der Waals surface area contributed by atoms with Crippen molar-refractivity contribution in [3.8, 4) is 0 Å². The molecule has 0 radical (unpaired) electrons. The van der Waals surface area contributed by atoms with E-state index < -0.39 is 11.9 Å². The van der Waals surface area contributed by atoms with Gasteiger partial charge >= 0.3 is 5.97 Å². The molecule has 5 heteroatoms. The highest BCUT2D eigenvalue weighted by Gasteiger charge is 2.38. The summed E-state index contributed by atoms with van der Waals surface area (Å²) in [5, 5.41) is 13.5. The number of carboxylic acids is 1. The van der Waals surface area contributed by atoms with E-state index in [0.717, 1.165) is 4.88 Å². The van der Waals surface area contributed by atoms with Crippen LogP contribution in [0, 0.1) is 5.92 Å². The van der Waals surface area contributed by atoms with Crippen LogP contribution in [-0.2, 0) is 9.59 Å². The molecule has 0 unspecified atom stereocenters. The van der Waals surface area contributed by atoms with E-state index in [-0.39, 0.29) is 18.4 Å². The zero-order valence-corrected chi connectivity index (χ0v) is 8.08. The molecule has 0 aliphatic carbocycles. The quantitative estimate of drug-likeness (QED) is 0.767. The van der Waals surface area contributed by atoms with Crippen molar-refractivity contribution in [2.24, 2.45) is 5.92 Å². The van der Waals surface area contributed by atoms with Gasteiger partial charge in [-0.05, 0) is 11.4 Å². The first-order valence-electron chi connectivity index (χ1n) is 4.24. The average Bonchev–Trinajstić information content (AvgIpc) is 2.70. The molecule has 74 valence electrons. The standard InChI is InChI=1S/C9H9NO3S/c11-7-4-5(9(12)13)8(10-7)6-2-1-3-14-6/h1-3,5,8H,4H2,(H,10,11)(H,12,13)/t5-,8-/m0/s1. The van der Waals surface area contributed by atoms with Crippen molar-refractivity contribution in [1.29, 1.82) is 0 Å². The normalized spacial score (nSPS) is 26.1. The zero-order valence-electron chi connectivity index (χ0n) is 7.27. The first-order chi connectivity index (χ1) is 6.68. The van der Waals surface area contributed by atoms with Gasteiger partial charge in [-0.25, -0.2) is 0 Å². The molecule has 1 aliphatic rings. The lowest BCUT2D eigenvalue weighted by Crippen LogP contribution is -2.23. The number of carbonyl (C=O) groups excluding carboxylic acids is 1. The van der Waals surface area contributed by atoms with E-state index in [0.29, 0.717) is 0 Å². The number of nitrogens with one attached hydrogen (secondary N) is 1. The molecule has 1 aromatic rings. The monoisotopic (exact) mass is 211 g/mol. The Kier molecular flexibility index (Phi) is 2.25. The number of thiophene rings is 1. The minimum absolute atomic E-state index is 0.0812. The summed E-state index contributed by atoms with van der Waals surface area (Å²) in [5.74, 6) is -1.72. The molecule has 1 fully saturated rings. The first kappa shape index (κ1) is 9.21. The molecule has 0 aromatic carbocycles. The second-order valence-electron chi connectivity index (χ2n) is 3.21. The Morgan fingerprint density at radius 3 is 3.00 bits per heavy atom. The molecule has 1 aliphatic heterocycles. The number of carboxylic acid groups (broad SMARTS) is 1. The molecule has 0 saturated carbocycles. The number of aliphatic carboxylic acids is 1. The van der Waals surface area contributed by atoms with Crippen LogP contribution in [0.4, 0.5) is 0 Å². The molecule has 2 rings (SSSR count). The van der Waals surface area contributed by atoms with Crippen molar-refractivity contribution >= 4 is 23.2 Å². The van der Waals surface area contributed by atoms with Gasteiger partial charge in [-0.15, -0.1) is 11.3 Å². The summed E-state index contributed by atoms with van der Waals surface area (Å²) in [7, 11) is 0. The predicted molar refractivity (Wildman–Crippen MR) is 50.9 cm³/mol. The smallest absolute Gasteiger partial charge is 0.309 e. The van der Waals surface area contributed by atoms with Crippen LogP contribution in [0.5, 0.6) is 0 Å². The Morgan fingerprint density at radius 1 is 1.64 bits per heavy atom. The number of hydrogen-bond acceptors (Lipinski definition) is 3. The van der Waals surface area contributed by atoms with Gasteiger partial charge in [0.05, 0.1) is 12.0 Å². The van der Waals surface area contributed by atoms with E-state index in [4.69, 9.17) is 5.11 Å². The van der Waals surface area contributed by atoms with Gasteiger partial charge in [-0.2, -0.15) is 0 Å². The lowest BCUT2D eigenvalue weighted by molar-refractivity contribution is -0.142. The molecule has 14 heavy (non-hydrogen) atoms. The summed E-state index contributed by atoms with van der Waals surface area (Å²) in [4.78, 5) is 22.9. The van der Waals surface area contributed by atoms with Crippen LogP contribution < -0.4 is 5.32 Å². The van der Waals surface area contributed by atoms with Gasteiger partial charge in [0, 0.05) is 11.3 Å². The highest BCUT2D eigenvalue weighted by molar-refractivity contribution is 7.10. The lowest BCUT2D eigenvalue weighted by atomic mass is 10.00. The highest BCUT2D eigenvalue weighted by Crippen LogP contribution is 2.32. The second kappa shape index (κ2) is 3.42. The maximum Gasteiger partial charge on any atom is 0.309 e. The first-order valence-corrected chi connectivity index (χ1v) is 5.12. The number of carbonyl (C=O) groups is 2. The number of hydrogen-bond donors (Lipinski definition) is 2. The molecule has 0 spiro atoms. The Morgan fingerprint density at radius 2 is 2.43 bits per heavy atom. The van der Waals surface area contributed by atoms with E-state index in [9.17, 15) is 9.59 Å². The largest absolute Gasteiger partial charge is 0.481 e. The fourth-order valence-corrected chi connectivity index (χ4v) is 2.46. The maximum atomic E-state index is 11.1. The molecular weight excluding hydrogens is 202 g/mol. The summed E-state index contributed by atoms with van der Waals surface area (Å²) >= 11 is 1.47. The van der Waals surface area contributed by atoms with Gasteiger partial charge in [0.15, 0.2) is 0 Å². The van der Waals surface area contributed by atoms with Gasteiger partial charge in [-0.3, -0.25) is 9.59 Å². The topological polar surface area (TPSA) is 66.4 Å². The highest BCUT2D eigenvalue weighted by atomic mass is 32.1. The summed E-state index contributed by atoms with van der Waals surface area (Å²) in [6.45, 7) is 0. The molecule has 4 nitrogen and oxygen atoms in total. The third-order valence-electron chi connectivity index (χ3n) is 2.29. The Labute approximate surface area is 84.6 Å². The van der Waals surface area contributed by atoms with Crippen molar-refractivity contribution in [1.82, 2.24) is 5.32 Å². The van der Waals surface area contributed by atoms with Crippen molar-refractivity contribution in [2.75, 3.05) is 0 Å². The minimum Gasteiger partial charge on any atom is -0.481 e. The van der Waals surface area contributed by atoms with Gasteiger partial charge in [0.25, 0.3) is 0 Å². The van der Waals surface area contributed by atoms with E-state index in [1.165, 1.54) is 11.3 Å². The maximum absolute atomic E-state index is 11.1. The molecule has 1 saturated heterocycles. The fourth-order valence-electron chi connectivity index (χ4n) is 1.62. The van der Waals surface area contributed by atoms with E-state index in [2.05, 4.69) is 5.32 Å². The van der Waals surface area contributed by atoms with Crippen molar-refractivity contribution in [3.05, 3.63) is 22.4 Å². The molecule has 2 atom stereocenters. The van der Waals surface area contributed by atoms with Crippen LogP contribution >= 0.6 is 11.3 Å². The Balaban J connectivity index is 2.26. The summed E-state index contributed by atoms with van der Waals surface area (Å²) in [6.07, 6.45) is 0.0812. The predicted octanol–water partition coefficient (Wildman–Crippen LogP) is 1.01. The fraction of sp³-hybridized carbons (Fsp3) is 0.333. The van der Waals surface area contributed by atoms with Gasteiger partial charge in [-0.1, -0.05) is 6.07 Å². The van der Waals surface area contributed by atoms with E-state index in [1.807, 2.05) is 17.5 Å². The summed E-state index contributed by atoms with van der Waals surface area (Å²) < 4.78 is 0. The van der Waals surface area contributed by atoms with Gasteiger partial charge in [0.1, 0.15) is 0 Å². The number of rotatable bonds is 2. The zero-order chi connectivity index (χ0) is 10.1. The third-order valence-corrected chi connectivity index (χ3v) is 3.25. The van der Waals surface area contributed by atoms with Crippen LogP contribution in [-0.4, -0.2) is 17.0 Å². The Hall–Kier alpha value is -1.36. The molecule has 1 amide bonds. The van der Waals surface area contributed by atoms with E-state index in [1.54, 1.807) is 0 Å². The summed E-state index contributed by atoms with van der Waals surface area (Å²) in [6, 6.07) is 3.35. The molecular formula is C9H9NO3S. The van der Waals surface area contributed by atoms with Crippen molar-refractivity contribution < 1.29 is 14.7 Å². The van der Waals surface area contributed by atoms with Gasteiger partial charge < -0.3 is 10.4 Å². The molecule has 2 N–H and O–H groups in total. The van der Waals surface area contributed by atoms with Crippen molar-refractivity contribution in [3.63, 3.8) is 0 Å². The van der Waals surface area contributed by atoms with E-state index >= 15 is 0 Å². The second-order valence-corrected chi connectivity index (χ2v) is 4.19. The van der Waals surface area contributed by atoms with Gasteiger partial charge in [0.2, 0.25) is 5.91 Å². The Bertz CT molecular complexity index is 360. The van der Waals surface area contributed by atoms with Crippen LogP contribution in [0.1, 0.15) is 17.3 Å². The number of amides is 1. The van der Waals surface area contributed by atoms with Crippen LogP contribution in [0.2, 0.25) is 0 Å². The SMILES string of the molecule is O=C1C[C@H](C(=O)O)[C@@H](c2cccs2)N1. The molecule has 0 bridgehead atoms. The van der Waals surface area contributed by atoms with Crippen LogP contribution in [0.25, 0.3) is 0 Å². The summed E-state index contributed by atoms with van der Waals surface area (Å²) in [5.41, 5.74) is 0. The lowest BCUT2D eigenvalue weighted by Gasteiger charge is -2.12. The van der Waals surface area contributed by atoms with Crippen LogP contribution in [0.15, 0.2) is 17.5 Å². The van der Waals surface area contributed by atoms with Crippen molar-refractivity contribution in [2.45, 2.75) is 12.5 Å². The third kappa shape index (κ3) is 1.50. The van der Waals surface area contributed by atoms with Crippen LogP contribution in [0.3, 0.4) is 0 Å². The average molecular weight is 211 g/mol.